The number of hydrogen-bond acceptors (Lipinski definition) is 4. The second-order valence-corrected chi connectivity index (χ2v) is 5.16. The summed E-state index contributed by atoms with van der Waals surface area (Å²) in [4.78, 5) is 11.4. The number of carbonyl (C=O) groups is 1. The average Bonchev–Trinajstić information content (AvgIpc) is 2.52. The topological polar surface area (TPSA) is 71.1 Å². The third-order valence-corrected chi connectivity index (χ3v) is 3.58. The first-order valence-corrected chi connectivity index (χ1v) is 6.93. The van der Waals surface area contributed by atoms with Crippen molar-refractivity contribution in [1.29, 1.82) is 0 Å². The smallest absolute Gasteiger partial charge is 0.219 e. The van der Waals surface area contributed by atoms with Crippen molar-refractivity contribution in [3.05, 3.63) is 65.5 Å². The molecule has 1 atom stereocenters. The van der Waals surface area contributed by atoms with E-state index >= 15 is 0 Å². The van der Waals surface area contributed by atoms with E-state index in [0.29, 0.717) is 12.1 Å². The van der Waals surface area contributed by atoms with Crippen molar-refractivity contribution >= 4 is 11.6 Å². The molecule has 0 saturated heterocycles. The molecule has 0 aliphatic carbocycles. The van der Waals surface area contributed by atoms with Crippen LogP contribution in [-0.2, 0) is 11.3 Å². The van der Waals surface area contributed by atoms with E-state index < -0.39 is 11.9 Å². The first-order chi connectivity index (χ1) is 10.6. The van der Waals surface area contributed by atoms with Crippen LogP contribution in [0.3, 0.4) is 0 Å². The van der Waals surface area contributed by atoms with Gasteiger partial charge in [0, 0.05) is 5.56 Å². The van der Waals surface area contributed by atoms with Crippen LogP contribution < -0.4 is 5.73 Å². The summed E-state index contributed by atoms with van der Waals surface area (Å²) in [6, 6.07) is 13.3. The maximum absolute atomic E-state index is 13.5. The number of nitrogens with two attached hydrogens (primary N) is 1. The molecule has 1 amide bonds. The van der Waals surface area contributed by atoms with Crippen molar-refractivity contribution in [3.63, 3.8) is 0 Å². The van der Waals surface area contributed by atoms with Crippen LogP contribution in [0.2, 0.25) is 0 Å². The maximum Gasteiger partial charge on any atom is 0.219 e. The number of halogens is 1. The second kappa shape index (κ2) is 5.93. The molecule has 2 aromatic rings. The first kappa shape index (κ1) is 14.2. The quantitative estimate of drug-likeness (QED) is 0.941. The van der Waals surface area contributed by atoms with E-state index in [1.54, 1.807) is 17.1 Å². The van der Waals surface area contributed by atoms with Crippen molar-refractivity contribution in [2.45, 2.75) is 19.0 Å². The third kappa shape index (κ3) is 2.95. The molecule has 3 rings (SSSR count). The highest BCUT2D eigenvalue weighted by atomic mass is 19.1. The Balaban J connectivity index is 1.93. The van der Waals surface area contributed by atoms with E-state index in [4.69, 9.17) is 5.73 Å². The van der Waals surface area contributed by atoms with E-state index in [1.807, 2.05) is 24.3 Å². The van der Waals surface area contributed by atoms with Crippen LogP contribution in [0.15, 0.2) is 58.9 Å². The fourth-order valence-corrected chi connectivity index (χ4v) is 2.53. The Morgan fingerprint density at radius 1 is 1.27 bits per heavy atom. The Bertz CT molecular complexity index is 732. The van der Waals surface area contributed by atoms with Gasteiger partial charge in [0.05, 0.1) is 24.7 Å². The molecule has 0 aromatic heterocycles. The number of hydrogen-bond donors (Lipinski definition) is 1. The second-order valence-electron chi connectivity index (χ2n) is 5.16. The molecule has 6 heteroatoms. The normalized spacial score (nSPS) is 14.5. The molecule has 0 spiro atoms. The van der Waals surface area contributed by atoms with Crippen molar-refractivity contribution < 1.29 is 9.18 Å². The Morgan fingerprint density at radius 3 is 2.86 bits per heavy atom. The molecule has 1 aliphatic rings. The molecule has 2 aromatic carbocycles. The lowest BCUT2D eigenvalue weighted by Gasteiger charge is -2.30. The number of benzene rings is 2. The monoisotopic (exact) mass is 298 g/mol. The number of primary amides is 1. The number of nitrogens with zero attached hydrogens (tertiary/aromatic N) is 3. The third-order valence-electron chi connectivity index (χ3n) is 3.58. The van der Waals surface area contributed by atoms with Gasteiger partial charge in [-0.25, -0.2) is 4.39 Å². The number of fused-ring (bicyclic) bond motifs is 1. The molecule has 2 N–H and O–H groups in total. The van der Waals surface area contributed by atoms with E-state index in [0.717, 1.165) is 11.3 Å². The fraction of sp³-hybridized carbons (Fsp3) is 0.188. The molecule has 22 heavy (non-hydrogen) atoms. The van der Waals surface area contributed by atoms with Gasteiger partial charge in [-0.2, -0.15) is 0 Å². The zero-order chi connectivity index (χ0) is 15.5. The average molecular weight is 298 g/mol. The van der Waals surface area contributed by atoms with Gasteiger partial charge in [0.25, 0.3) is 0 Å². The van der Waals surface area contributed by atoms with Gasteiger partial charge in [-0.3, -0.25) is 9.80 Å². The minimum absolute atomic E-state index is 0.0463. The molecule has 1 unspecified atom stereocenters. The molecular weight excluding hydrogens is 283 g/mol. The molecule has 5 nitrogen and oxygen atoms in total. The summed E-state index contributed by atoms with van der Waals surface area (Å²) in [6.07, 6.45) is 0.0463. The van der Waals surface area contributed by atoms with Gasteiger partial charge in [-0.05, 0) is 23.8 Å². The zero-order valence-corrected chi connectivity index (χ0v) is 11.8. The van der Waals surface area contributed by atoms with E-state index in [2.05, 4.69) is 10.3 Å². The van der Waals surface area contributed by atoms with Crippen molar-refractivity contribution in [2.24, 2.45) is 16.1 Å². The van der Waals surface area contributed by atoms with Crippen LogP contribution in [0.1, 0.15) is 23.6 Å². The number of rotatable bonds is 4. The van der Waals surface area contributed by atoms with Gasteiger partial charge >= 0.3 is 0 Å². The van der Waals surface area contributed by atoms with Gasteiger partial charge in [-0.1, -0.05) is 35.6 Å². The van der Waals surface area contributed by atoms with Gasteiger partial charge in [-0.15, -0.1) is 5.11 Å². The maximum atomic E-state index is 13.5. The standard InChI is InChI=1S/C16H15FN4O/c17-13-6-3-5-11(8-13)15(9-16(18)22)21-10-12-4-1-2-7-14(12)19-20-21/h1-8,15H,9-10H2,(H2,18,22). The Morgan fingerprint density at radius 2 is 2.09 bits per heavy atom. The fourth-order valence-electron chi connectivity index (χ4n) is 2.53. The summed E-state index contributed by atoms with van der Waals surface area (Å²) in [5.41, 5.74) is 7.79. The van der Waals surface area contributed by atoms with Crippen molar-refractivity contribution in [2.75, 3.05) is 0 Å². The molecule has 1 aliphatic heterocycles. The molecule has 0 bridgehead atoms. The lowest BCUT2D eigenvalue weighted by molar-refractivity contribution is -0.119. The summed E-state index contributed by atoms with van der Waals surface area (Å²) >= 11 is 0. The highest BCUT2D eigenvalue weighted by molar-refractivity contribution is 5.74. The Hall–Kier alpha value is -2.76. The molecule has 0 radical (unpaired) electrons. The van der Waals surface area contributed by atoms with Gasteiger partial charge < -0.3 is 5.73 Å². The van der Waals surface area contributed by atoms with Crippen LogP contribution >= 0.6 is 0 Å². The van der Waals surface area contributed by atoms with Gasteiger partial charge in [0.2, 0.25) is 5.91 Å². The predicted octanol–water partition coefficient (Wildman–Crippen LogP) is 3.26. The van der Waals surface area contributed by atoms with Crippen LogP contribution in [0, 0.1) is 5.82 Å². The summed E-state index contributed by atoms with van der Waals surface area (Å²) in [5.74, 6) is -0.829. The highest BCUT2D eigenvalue weighted by Crippen LogP contribution is 2.33. The lowest BCUT2D eigenvalue weighted by Crippen LogP contribution is -2.29. The zero-order valence-electron chi connectivity index (χ0n) is 11.8. The first-order valence-electron chi connectivity index (χ1n) is 6.93. The molecule has 0 fully saturated rings. The molecule has 0 saturated carbocycles. The minimum Gasteiger partial charge on any atom is -0.370 e. The van der Waals surface area contributed by atoms with E-state index in [-0.39, 0.29) is 12.2 Å². The Kier molecular flexibility index (Phi) is 3.82. The van der Waals surface area contributed by atoms with Crippen LogP contribution in [0.5, 0.6) is 0 Å². The largest absolute Gasteiger partial charge is 0.370 e. The highest BCUT2D eigenvalue weighted by Gasteiger charge is 2.25. The van der Waals surface area contributed by atoms with E-state index in [1.165, 1.54) is 12.1 Å². The van der Waals surface area contributed by atoms with Crippen LogP contribution in [0.25, 0.3) is 0 Å². The summed E-state index contributed by atoms with van der Waals surface area (Å²) in [7, 11) is 0. The predicted molar refractivity (Wildman–Crippen MR) is 79.5 cm³/mol. The van der Waals surface area contributed by atoms with Gasteiger partial charge in [0.1, 0.15) is 5.82 Å². The van der Waals surface area contributed by atoms with Crippen molar-refractivity contribution in [1.82, 2.24) is 5.01 Å². The van der Waals surface area contributed by atoms with Crippen LogP contribution in [-0.4, -0.2) is 10.9 Å². The SMILES string of the molecule is NC(=O)CC(c1cccc(F)c1)N1Cc2ccccc2N=N1. The summed E-state index contributed by atoms with van der Waals surface area (Å²) in [6.45, 7) is 0.494. The Labute approximate surface area is 127 Å². The number of amides is 1. The van der Waals surface area contributed by atoms with Crippen LogP contribution in [0.4, 0.5) is 10.1 Å². The summed E-state index contributed by atoms with van der Waals surface area (Å²) < 4.78 is 13.5. The molecule has 1 heterocycles. The minimum atomic E-state index is -0.469. The van der Waals surface area contributed by atoms with Gasteiger partial charge in [0.15, 0.2) is 0 Å². The van der Waals surface area contributed by atoms with Crippen molar-refractivity contribution in [3.8, 4) is 0 Å². The van der Waals surface area contributed by atoms with E-state index in [9.17, 15) is 9.18 Å². The molecular formula is C16H15FN4O. The number of carbonyl (C=O) groups excluding carboxylic acids is 1. The lowest BCUT2D eigenvalue weighted by atomic mass is 10.0. The molecule has 112 valence electrons. The summed E-state index contributed by atoms with van der Waals surface area (Å²) in [5, 5.41) is 9.98.